The lowest BCUT2D eigenvalue weighted by Crippen LogP contribution is -2.34. The summed E-state index contributed by atoms with van der Waals surface area (Å²) in [6.07, 6.45) is 5.97. The zero-order chi connectivity index (χ0) is 14.6. The Bertz CT molecular complexity index is 551. The Morgan fingerprint density at radius 2 is 2.35 bits per heavy atom. The van der Waals surface area contributed by atoms with E-state index in [1.807, 2.05) is 6.92 Å². The SMILES string of the molecule is CC1(C(=O)Nc2cc(/C=C/C(=O)O)ccn2)CCCS1. The van der Waals surface area contributed by atoms with Gasteiger partial charge in [0.1, 0.15) is 5.82 Å². The highest BCUT2D eigenvalue weighted by Gasteiger charge is 2.37. The number of carbonyl (C=O) groups excluding carboxylic acids is 1. The summed E-state index contributed by atoms with van der Waals surface area (Å²) in [5, 5.41) is 11.4. The highest BCUT2D eigenvalue weighted by atomic mass is 32.2. The van der Waals surface area contributed by atoms with Crippen molar-refractivity contribution in [2.24, 2.45) is 0 Å². The van der Waals surface area contributed by atoms with Gasteiger partial charge in [-0.05, 0) is 49.3 Å². The standard InChI is InChI=1S/C14H16N2O3S/c1-14(6-2-8-20-14)13(19)16-11-9-10(5-7-15-11)3-4-12(17)18/h3-5,7,9H,2,6,8H2,1H3,(H,17,18)(H,15,16,19)/b4-3+. The molecular formula is C14H16N2O3S. The summed E-state index contributed by atoms with van der Waals surface area (Å²) < 4.78 is -0.394. The van der Waals surface area contributed by atoms with Gasteiger partial charge in [-0.25, -0.2) is 9.78 Å². The lowest BCUT2D eigenvalue weighted by Gasteiger charge is -2.21. The normalized spacial score (nSPS) is 22.1. The van der Waals surface area contributed by atoms with Crippen LogP contribution < -0.4 is 5.32 Å². The van der Waals surface area contributed by atoms with Crippen LogP contribution in [0.1, 0.15) is 25.3 Å². The van der Waals surface area contributed by atoms with Crippen LogP contribution in [-0.4, -0.2) is 32.5 Å². The van der Waals surface area contributed by atoms with Crippen molar-refractivity contribution in [3.8, 4) is 0 Å². The minimum Gasteiger partial charge on any atom is -0.478 e. The molecule has 2 heterocycles. The number of thioether (sulfide) groups is 1. The highest BCUT2D eigenvalue weighted by Crippen LogP contribution is 2.38. The van der Waals surface area contributed by atoms with Gasteiger partial charge < -0.3 is 10.4 Å². The Balaban J connectivity index is 2.08. The first-order valence-electron chi connectivity index (χ1n) is 6.32. The monoisotopic (exact) mass is 292 g/mol. The van der Waals surface area contributed by atoms with Gasteiger partial charge in [0, 0.05) is 12.3 Å². The highest BCUT2D eigenvalue weighted by molar-refractivity contribution is 8.01. The number of aromatic nitrogens is 1. The number of anilines is 1. The van der Waals surface area contributed by atoms with Gasteiger partial charge >= 0.3 is 5.97 Å². The fraction of sp³-hybridized carbons (Fsp3) is 0.357. The first-order valence-corrected chi connectivity index (χ1v) is 7.31. The second-order valence-corrected chi connectivity index (χ2v) is 6.38. The van der Waals surface area contributed by atoms with Crippen LogP contribution in [0, 0.1) is 0 Å². The largest absolute Gasteiger partial charge is 0.478 e. The van der Waals surface area contributed by atoms with E-state index in [9.17, 15) is 9.59 Å². The van der Waals surface area contributed by atoms with Gasteiger partial charge in [0.25, 0.3) is 0 Å². The molecule has 1 unspecified atom stereocenters. The molecule has 1 fully saturated rings. The summed E-state index contributed by atoms with van der Waals surface area (Å²) in [5.74, 6) is 0.379. The molecule has 0 spiro atoms. The molecule has 6 heteroatoms. The van der Waals surface area contributed by atoms with E-state index in [-0.39, 0.29) is 5.91 Å². The Morgan fingerprint density at radius 3 is 3.00 bits per heavy atom. The van der Waals surface area contributed by atoms with E-state index in [1.165, 1.54) is 6.08 Å². The van der Waals surface area contributed by atoms with Crippen LogP contribution >= 0.6 is 11.8 Å². The summed E-state index contributed by atoms with van der Waals surface area (Å²) >= 11 is 1.66. The van der Waals surface area contributed by atoms with E-state index in [1.54, 1.807) is 30.1 Å². The molecule has 0 radical (unpaired) electrons. The fourth-order valence-corrected chi connectivity index (χ4v) is 3.20. The molecule has 0 saturated carbocycles. The average Bonchev–Trinajstić information content (AvgIpc) is 2.85. The van der Waals surface area contributed by atoms with E-state index < -0.39 is 10.7 Å². The second kappa shape index (κ2) is 6.09. The number of rotatable bonds is 4. The number of nitrogens with one attached hydrogen (secondary N) is 1. The maximum Gasteiger partial charge on any atom is 0.328 e. The van der Waals surface area contributed by atoms with Crippen molar-refractivity contribution in [2.45, 2.75) is 24.5 Å². The van der Waals surface area contributed by atoms with E-state index in [4.69, 9.17) is 5.11 Å². The molecule has 2 rings (SSSR count). The van der Waals surface area contributed by atoms with Crippen LogP contribution in [0.25, 0.3) is 6.08 Å². The number of hydrogen-bond acceptors (Lipinski definition) is 4. The van der Waals surface area contributed by atoms with Crippen molar-refractivity contribution in [1.29, 1.82) is 0 Å². The Labute approximate surface area is 121 Å². The number of nitrogens with zero attached hydrogens (tertiary/aromatic N) is 1. The zero-order valence-electron chi connectivity index (χ0n) is 11.1. The van der Waals surface area contributed by atoms with Crippen LogP contribution in [0.4, 0.5) is 5.82 Å². The minimum atomic E-state index is -1.01. The molecule has 5 nitrogen and oxygen atoms in total. The average molecular weight is 292 g/mol. The topological polar surface area (TPSA) is 79.3 Å². The molecule has 1 aromatic heterocycles. The van der Waals surface area contributed by atoms with Gasteiger partial charge in [-0.15, -0.1) is 11.8 Å². The number of carboxylic acid groups (broad SMARTS) is 1. The van der Waals surface area contributed by atoms with E-state index in [0.717, 1.165) is 24.7 Å². The van der Waals surface area contributed by atoms with Crippen molar-refractivity contribution >= 4 is 35.5 Å². The van der Waals surface area contributed by atoms with Crippen LogP contribution in [0.5, 0.6) is 0 Å². The second-order valence-electron chi connectivity index (χ2n) is 4.78. The molecule has 1 aromatic rings. The minimum absolute atomic E-state index is 0.0492. The van der Waals surface area contributed by atoms with Crippen LogP contribution in [0.3, 0.4) is 0 Å². The van der Waals surface area contributed by atoms with Gasteiger partial charge in [0.05, 0.1) is 4.75 Å². The molecule has 0 bridgehead atoms. The van der Waals surface area contributed by atoms with E-state index >= 15 is 0 Å². The Hall–Kier alpha value is -1.82. The number of pyridine rings is 1. The summed E-state index contributed by atoms with van der Waals surface area (Å²) in [7, 11) is 0. The lowest BCUT2D eigenvalue weighted by atomic mass is 10.1. The van der Waals surface area contributed by atoms with Crippen molar-refractivity contribution in [1.82, 2.24) is 4.98 Å². The third-order valence-corrected chi connectivity index (χ3v) is 4.66. The first-order chi connectivity index (χ1) is 9.49. The van der Waals surface area contributed by atoms with Crippen molar-refractivity contribution in [2.75, 3.05) is 11.1 Å². The molecule has 1 amide bonds. The summed E-state index contributed by atoms with van der Waals surface area (Å²) in [6.45, 7) is 1.94. The first kappa shape index (κ1) is 14.6. The number of hydrogen-bond donors (Lipinski definition) is 2. The van der Waals surface area contributed by atoms with Crippen molar-refractivity contribution < 1.29 is 14.7 Å². The fourth-order valence-electron chi connectivity index (χ4n) is 1.99. The van der Waals surface area contributed by atoms with Gasteiger partial charge in [0.15, 0.2) is 0 Å². The quantitative estimate of drug-likeness (QED) is 0.833. The third-order valence-electron chi connectivity index (χ3n) is 3.14. The maximum absolute atomic E-state index is 12.2. The molecule has 1 aliphatic rings. The smallest absolute Gasteiger partial charge is 0.328 e. The predicted octanol–water partition coefficient (Wildman–Crippen LogP) is 2.40. The van der Waals surface area contributed by atoms with Gasteiger partial charge in [-0.3, -0.25) is 4.79 Å². The van der Waals surface area contributed by atoms with Crippen molar-refractivity contribution in [3.63, 3.8) is 0 Å². The number of carboxylic acids is 1. The summed E-state index contributed by atoms with van der Waals surface area (Å²) in [4.78, 5) is 26.8. The predicted molar refractivity (Wildman–Crippen MR) is 79.6 cm³/mol. The van der Waals surface area contributed by atoms with Gasteiger partial charge in [-0.1, -0.05) is 0 Å². The number of carbonyl (C=O) groups is 2. The number of amides is 1. The molecular weight excluding hydrogens is 276 g/mol. The van der Waals surface area contributed by atoms with Gasteiger partial charge in [-0.2, -0.15) is 0 Å². The van der Waals surface area contributed by atoms with E-state index in [0.29, 0.717) is 11.4 Å². The zero-order valence-corrected chi connectivity index (χ0v) is 11.9. The van der Waals surface area contributed by atoms with Crippen LogP contribution in [0.2, 0.25) is 0 Å². The molecule has 1 atom stereocenters. The molecule has 1 saturated heterocycles. The summed E-state index contributed by atoms with van der Waals surface area (Å²) in [5.41, 5.74) is 0.682. The third kappa shape index (κ3) is 3.60. The van der Waals surface area contributed by atoms with Crippen LogP contribution in [-0.2, 0) is 9.59 Å². The molecule has 106 valence electrons. The van der Waals surface area contributed by atoms with Crippen LogP contribution in [0.15, 0.2) is 24.4 Å². The number of aliphatic carboxylic acids is 1. The lowest BCUT2D eigenvalue weighted by molar-refractivity contribution is -0.131. The molecule has 0 aliphatic carbocycles. The molecule has 0 aromatic carbocycles. The Kier molecular flexibility index (Phi) is 4.44. The molecule has 2 N–H and O–H groups in total. The molecule has 1 aliphatic heterocycles. The van der Waals surface area contributed by atoms with Crippen molar-refractivity contribution in [3.05, 3.63) is 30.0 Å². The summed E-state index contributed by atoms with van der Waals surface area (Å²) in [6, 6.07) is 3.33. The van der Waals surface area contributed by atoms with E-state index in [2.05, 4.69) is 10.3 Å². The van der Waals surface area contributed by atoms with Gasteiger partial charge in [0.2, 0.25) is 5.91 Å². The maximum atomic E-state index is 12.2. The molecule has 20 heavy (non-hydrogen) atoms. The Morgan fingerprint density at radius 1 is 1.55 bits per heavy atom.